The van der Waals surface area contributed by atoms with E-state index in [1.54, 1.807) is 4.90 Å². The van der Waals surface area contributed by atoms with Gasteiger partial charge in [0.2, 0.25) is 5.91 Å². The standard InChI is InChI=1S/C19H27NO3/c1-18(2,17(21)20(3)15-9-5-4-6-10-15)16-11-14-22-19(23-16)12-7-8-13-19/h4-6,9-10,16H,7-8,11-14H2,1-3H3/t16-/m0/s1. The predicted molar refractivity (Wildman–Crippen MR) is 90.3 cm³/mol. The Morgan fingerprint density at radius 3 is 2.52 bits per heavy atom. The van der Waals surface area contributed by atoms with E-state index in [4.69, 9.17) is 9.47 Å². The number of amides is 1. The van der Waals surface area contributed by atoms with Gasteiger partial charge in [0, 0.05) is 25.6 Å². The molecule has 1 atom stereocenters. The van der Waals surface area contributed by atoms with Crippen molar-refractivity contribution in [2.24, 2.45) is 5.41 Å². The Hall–Kier alpha value is -1.39. The first-order chi connectivity index (χ1) is 10.9. The van der Waals surface area contributed by atoms with Gasteiger partial charge in [-0.1, -0.05) is 18.2 Å². The Balaban J connectivity index is 1.76. The quantitative estimate of drug-likeness (QED) is 0.852. The van der Waals surface area contributed by atoms with Gasteiger partial charge in [0.05, 0.1) is 18.1 Å². The average Bonchev–Trinajstić information content (AvgIpc) is 3.02. The lowest BCUT2D eigenvalue weighted by Crippen LogP contribution is -2.53. The molecule has 1 amide bonds. The Labute approximate surface area is 138 Å². The van der Waals surface area contributed by atoms with E-state index in [1.807, 2.05) is 51.2 Å². The Bertz CT molecular complexity index is 549. The fourth-order valence-corrected chi connectivity index (χ4v) is 3.73. The van der Waals surface area contributed by atoms with Crippen LogP contribution in [0.2, 0.25) is 0 Å². The molecule has 0 N–H and O–H groups in total. The maximum Gasteiger partial charge on any atom is 0.235 e. The molecule has 4 nitrogen and oxygen atoms in total. The van der Waals surface area contributed by atoms with Crippen LogP contribution in [0.5, 0.6) is 0 Å². The van der Waals surface area contributed by atoms with E-state index in [9.17, 15) is 4.79 Å². The lowest BCUT2D eigenvalue weighted by molar-refractivity contribution is -0.303. The second-order valence-electron chi connectivity index (χ2n) is 7.28. The number of nitrogens with zero attached hydrogens (tertiary/aromatic N) is 1. The number of rotatable bonds is 3. The van der Waals surface area contributed by atoms with E-state index in [0.29, 0.717) is 6.61 Å². The number of anilines is 1. The van der Waals surface area contributed by atoms with Gasteiger partial charge in [0.15, 0.2) is 5.79 Å². The normalized spacial score (nSPS) is 23.9. The van der Waals surface area contributed by atoms with Crippen LogP contribution in [-0.4, -0.2) is 31.5 Å². The Kier molecular flexibility index (Phi) is 4.47. The number of ether oxygens (including phenoxy) is 2. The monoisotopic (exact) mass is 317 g/mol. The molecule has 1 spiro atoms. The van der Waals surface area contributed by atoms with Gasteiger partial charge in [-0.25, -0.2) is 0 Å². The fraction of sp³-hybridized carbons (Fsp3) is 0.632. The maximum atomic E-state index is 13.1. The van der Waals surface area contributed by atoms with Gasteiger partial charge in [0.1, 0.15) is 0 Å². The molecule has 0 bridgehead atoms. The summed E-state index contributed by atoms with van der Waals surface area (Å²) in [6, 6.07) is 9.77. The minimum atomic E-state index is -0.579. The largest absolute Gasteiger partial charge is 0.350 e. The van der Waals surface area contributed by atoms with E-state index < -0.39 is 11.2 Å². The van der Waals surface area contributed by atoms with Crippen LogP contribution in [0.3, 0.4) is 0 Å². The zero-order chi connectivity index (χ0) is 16.5. The number of benzene rings is 1. The van der Waals surface area contributed by atoms with Gasteiger partial charge in [-0.05, 0) is 45.2 Å². The third-order valence-electron chi connectivity index (χ3n) is 5.27. The predicted octanol–water partition coefficient (Wildman–Crippen LogP) is 3.75. The molecule has 126 valence electrons. The summed E-state index contributed by atoms with van der Waals surface area (Å²) in [5.74, 6) is -0.352. The van der Waals surface area contributed by atoms with Crippen molar-refractivity contribution in [3.8, 4) is 0 Å². The maximum absolute atomic E-state index is 13.1. The summed E-state index contributed by atoms with van der Waals surface area (Å²) in [7, 11) is 1.84. The number of carbonyl (C=O) groups excluding carboxylic acids is 1. The van der Waals surface area contributed by atoms with Crippen molar-refractivity contribution in [3.05, 3.63) is 30.3 Å². The fourth-order valence-electron chi connectivity index (χ4n) is 3.73. The number of hydrogen-bond acceptors (Lipinski definition) is 3. The first-order valence-electron chi connectivity index (χ1n) is 8.60. The van der Waals surface area contributed by atoms with Crippen LogP contribution in [0, 0.1) is 5.41 Å². The molecule has 0 unspecified atom stereocenters. The van der Waals surface area contributed by atoms with Gasteiger partial charge in [0.25, 0.3) is 0 Å². The number of hydrogen-bond donors (Lipinski definition) is 0. The molecule has 1 aliphatic carbocycles. The molecule has 1 aromatic rings. The van der Waals surface area contributed by atoms with Crippen LogP contribution in [0.15, 0.2) is 30.3 Å². The van der Waals surface area contributed by atoms with Crippen molar-refractivity contribution in [2.75, 3.05) is 18.6 Å². The highest BCUT2D eigenvalue weighted by Crippen LogP contribution is 2.43. The lowest BCUT2D eigenvalue weighted by atomic mass is 9.82. The molecule has 0 radical (unpaired) electrons. The molecular formula is C19H27NO3. The highest BCUT2D eigenvalue weighted by Gasteiger charge is 2.48. The van der Waals surface area contributed by atoms with Crippen molar-refractivity contribution in [1.29, 1.82) is 0 Å². The van der Waals surface area contributed by atoms with Crippen LogP contribution in [0.1, 0.15) is 46.0 Å². The molecule has 1 aliphatic heterocycles. The SMILES string of the molecule is CN(C(=O)C(C)(C)[C@@H]1CCOC2(CCCC2)O1)c1ccccc1. The zero-order valence-electron chi connectivity index (χ0n) is 14.4. The smallest absolute Gasteiger partial charge is 0.235 e. The van der Waals surface area contributed by atoms with Gasteiger partial charge in [-0.15, -0.1) is 0 Å². The summed E-state index contributed by atoms with van der Waals surface area (Å²) in [4.78, 5) is 14.8. The molecule has 1 saturated heterocycles. The molecule has 1 aromatic carbocycles. The Morgan fingerprint density at radius 2 is 1.87 bits per heavy atom. The molecule has 23 heavy (non-hydrogen) atoms. The van der Waals surface area contributed by atoms with Gasteiger partial charge < -0.3 is 14.4 Å². The third-order valence-corrected chi connectivity index (χ3v) is 5.27. The first kappa shape index (κ1) is 16.5. The molecular weight excluding hydrogens is 290 g/mol. The summed E-state index contributed by atoms with van der Waals surface area (Å²) >= 11 is 0. The zero-order valence-corrected chi connectivity index (χ0v) is 14.4. The minimum Gasteiger partial charge on any atom is -0.350 e. The number of carbonyl (C=O) groups is 1. The van der Waals surface area contributed by atoms with Crippen molar-refractivity contribution in [1.82, 2.24) is 0 Å². The topological polar surface area (TPSA) is 38.8 Å². The van der Waals surface area contributed by atoms with Crippen LogP contribution < -0.4 is 4.90 Å². The van der Waals surface area contributed by atoms with E-state index in [2.05, 4.69) is 0 Å². The van der Waals surface area contributed by atoms with Crippen LogP contribution in [0.25, 0.3) is 0 Å². The molecule has 3 rings (SSSR count). The molecule has 1 saturated carbocycles. The highest BCUT2D eigenvalue weighted by molar-refractivity contribution is 5.97. The van der Waals surface area contributed by atoms with Crippen molar-refractivity contribution < 1.29 is 14.3 Å². The van der Waals surface area contributed by atoms with Crippen molar-refractivity contribution in [3.63, 3.8) is 0 Å². The van der Waals surface area contributed by atoms with Crippen molar-refractivity contribution in [2.45, 2.75) is 57.8 Å². The molecule has 2 aliphatic rings. The summed E-state index contributed by atoms with van der Waals surface area (Å²) in [5.41, 5.74) is 0.331. The average molecular weight is 317 g/mol. The number of para-hydroxylation sites is 1. The van der Waals surface area contributed by atoms with Crippen LogP contribution in [0.4, 0.5) is 5.69 Å². The summed E-state index contributed by atoms with van der Waals surface area (Å²) in [5, 5.41) is 0. The minimum absolute atomic E-state index is 0.0868. The molecule has 4 heteroatoms. The highest BCUT2D eigenvalue weighted by atomic mass is 16.7. The van der Waals surface area contributed by atoms with E-state index in [0.717, 1.165) is 37.8 Å². The summed E-state index contributed by atoms with van der Waals surface area (Å²) in [6.07, 6.45) is 4.84. The van der Waals surface area contributed by atoms with E-state index >= 15 is 0 Å². The van der Waals surface area contributed by atoms with E-state index in [1.165, 1.54) is 0 Å². The first-order valence-corrected chi connectivity index (χ1v) is 8.60. The van der Waals surface area contributed by atoms with Gasteiger partial charge >= 0.3 is 0 Å². The second-order valence-corrected chi connectivity index (χ2v) is 7.28. The third kappa shape index (κ3) is 3.15. The van der Waals surface area contributed by atoms with Gasteiger partial charge in [-0.3, -0.25) is 4.79 Å². The van der Waals surface area contributed by atoms with E-state index in [-0.39, 0.29) is 12.0 Å². The Morgan fingerprint density at radius 1 is 1.22 bits per heavy atom. The summed E-state index contributed by atoms with van der Waals surface area (Å²) < 4.78 is 12.3. The van der Waals surface area contributed by atoms with Crippen LogP contribution in [-0.2, 0) is 14.3 Å². The molecule has 2 fully saturated rings. The van der Waals surface area contributed by atoms with Crippen molar-refractivity contribution >= 4 is 11.6 Å². The molecule has 0 aromatic heterocycles. The van der Waals surface area contributed by atoms with Crippen LogP contribution >= 0.6 is 0 Å². The lowest BCUT2D eigenvalue weighted by Gasteiger charge is -2.45. The summed E-state index contributed by atoms with van der Waals surface area (Å²) in [6.45, 7) is 4.66. The van der Waals surface area contributed by atoms with Gasteiger partial charge in [-0.2, -0.15) is 0 Å². The second kappa shape index (κ2) is 6.25. The molecule has 1 heterocycles.